The second kappa shape index (κ2) is 6.70. The zero-order valence-corrected chi connectivity index (χ0v) is 12.9. The van der Waals surface area contributed by atoms with E-state index in [-0.39, 0.29) is 23.5 Å². The Morgan fingerprint density at radius 3 is 2.45 bits per heavy atom. The summed E-state index contributed by atoms with van der Waals surface area (Å²) in [4.78, 5) is 0.216. The number of methoxy groups -OCH3 is 1. The highest BCUT2D eigenvalue weighted by Gasteiger charge is 2.27. The quantitative estimate of drug-likeness (QED) is 0.784. The van der Waals surface area contributed by atoms with Crippen molar-refractivity contribution in [2.24, 2.45) is 5.92 Å². The van der Waals surface area contributed by atoms with Crippen LogP contribution in [0.15, 0.2) is 29.2 Å². The normalized spacial score (nSPS) is 23.7. The SMILES string of the molecule is CO[C@@H]1CCCC[C@@H]1COS(=O)(=O)c1ccc(C)cc1. The molecule has 1 saturated carbocycles. The molecule has 1 aromatic carbocycles. The van der Waals surface area contributed by atoms with Crippen LogP contribution in [0.3, 0.4) is 0 Å². The smallest absolute Gasteiger partial charge is 0.296 e. The third-order valence-electron chi connectivity index (χ3n) is 3.89. The van der Waals surface area contributed by atoms with E-state index >= 15 is 0 Å². The maximum Gasteiger partial charge on any atom is 0.296 e. The van der Waals surface area contributed by atoms with Gasteiger partial charge in [-0.3, -0.25) is 4.18 Å². The van der Waals surface area contributed by atoms with Gasteiger partial charge in [-0.2, -0.15) is 8.42 Å². The minimum Gasteiger partial charge on any atom is -0.381 e. The summed E-state index contributed by atoms with van der Waals surface area (Å²) in [5.41, 5.74) is 1.02. The molecule has 0 spiro atoms. The zero-order valence-electron chi connectivity index (χ0n) is 12.0. The van der Waals surface area contributed by atoms with E-state index in [0.29, 0.717) is 0 Å². The Morgan fingerprint density at radius 1 is 1.15 bits per heavy atom. The van der Waals surface area contributed by atoms with Crippen molar-refractivity contribution in [1.29, 1.82) is 0 Å². The van der Waals surface area contributed by atoms with E-state index in [4.69, 9.17) is 8.92 Å². The van der Waals surface area contributed by atoms with Gasteiger partial charge >= 0.3 is 0 Å². The van der Waals surface area contributed by atoms with Gasteiger partial charge < -0.3 is 4.74 Å². The lowest BCUT2D eigenvalue weighted by atomic mass is 9.87. The van der Waals surface area contributed by atoms with Crippen LogP contribution in [-0.2, 0) is 19.0 Å². The molecule has 20 heavy (non-hydrogen) atoms. The third-order valence-corrected chi connectivity index (χ3v) is 5.18. The van der Waals surface area contributed by atoms with Gasteiger partial charge in [-0.15, -0.1) is 0 Å². The van der Waals surface area contributed by atoms with E-state index in [1.165, 1.54) is 0 Å². The Hall–Kier alpha value is -0.910. The number of hydrogen-bond donors (Lipinski definition) is 0. The summed E-state index contributed by atoms with van der Waals surface area (Å²) < 4.78 is 34.9. The molecule has 0 aliphatic heterocycles. The number of hydrogen-bond acceptors (Lipinski definition) is 4. The molecule has 112 valence electrons. The molecule has 0 amide bonds. The van der Waals surface area contributed by atoms with Crippen LogP contribution >= 0.6 is 0 Å². The summed E-state index contributed by atoms with van der Waals surface area (Å²) >= 11 is 0. The number of aryl methyl sites for hydroxylation is 1. The lowest BCUT2D eigenvalue weighted by Gasteiger charge is -2.29. The van der Waals surface area contributed by atoms with E-state index in [9.17, 15) is 8.42 Å². The van der Waals surface area contributed by atoms with E-state index in [1.807, 2.05) is 6.92 Å². The van der Waals surface area contributed by atoms with Crippen LogP contribution in [0.25, 0.3) is 0 Å². The number of ether oxygens (including phenoxy) is 1. The molecular weight excluding hydrogens is 276 g/mol. The summed E-state index contributed by atoms with van der Waals surface area (Å²) in [7, 11) is -1.99. The van der Waals surface area contributed by atoms with Crippen molar-refractivity contribution in [1.82, 2.24) is 0 Å². The van der Waals surface area contributed by atoms with Crippen molar-refractivity contribution in [3.63, 3.8) is 0 Å². The number of rotatable bonds is 5. The van der Waals surface area contributed by atoms with Crippen LogP contribution in [0.4, 0.5) is 0 Å². The molecule has 0 heterocycles. The molecular formula is C15H22O4S. The van der Waals surface area contributed by atoms with Gasteiger partial charge in [-0.1, -0.05) is 30.5 Å². The first-order valence-corrected chi connectivity index (χ1v) is 8.42. The molecule has 2 rings (SSSR count). The molecule has 0 bridgehead atoms. The Kier molecular flexibility index (Phi) is 5.18. The first-order valence-electron chi connectivity index (χ1n) is 7.02. The second-order valence-corrected chi connectivity index (χ2v) is 6.99. The first-order chi connectivity index (χ1) is 9.53. The molecule has 0 N–H and O–H groups in total. The molecule has 1 aliphatic rings. The van der Waals surface area contributed by atoms with Crippen molar-refractivity contribution in [2.45, 2.75) is 43.6 Å². The molecule has 1 fully saturated rings. The van der Waals surface area contributed by atoms with E-state index in [0.717, 1.165) is 31.2 Å². The maximum atomic E-state index is 12.1. The molecule has 0 aromatic heterocycles. The molecule has 1 aromatic rings. The van der Waals surface area contributed by atoms with Gasteiger partial charge in [0.2, 0.25) is 0 Å². The van der Waals surface area contributed by atoms with Crippen LogP contribution in [0.5, 0.6) is 0 Å². The molecule has 0 unspecified atom stereocenters. The lowest BCUT2D eigenvalue weighted by Crippen LogP contribution is -2.31. The van der Waals surface area contributed by atoms with Gasteiger partial charge in [0.05, 0.1) is 17.6 Å². The average molecular weight is 298 g/mol. The van der Waals surface area contributed by atoms with Gasteiger partial charge in [-0.25, -0.2) is 0 Å². The summed E-state index contributed by atoms with van der Waals surface area (Å²) in [5.74, 6) is 0.161. The van der Waals surface area contributed by atoms with E-state index < -0.39 is 10.1 Å². The molecule has 1 aliphatic carbocycles. The fraction of sp³-hybridized carbons (Fsp3) is 0.600. The lowest BCUT2D eigenvalue weighted by molar-refractivity contribution is 0.00590. The van der Waals surface area contributed by atoms with Crippen molar-refractivity contribution in [3.05, 3.63) is 29.8 Å². The summed E-state index contributed by atoms with van der Waals surface area (Å²) in [6, 6.07) is 6.71. The predicted molar refractivity (Wildman–Crippen MR) is 77.1 cm³/mol. The van der Waals surface area contributed by atoms with Crippen molar-refractivity contribution >= 4 is 10.1 Å². The standard InChI is InChI=1S/C15H22O4S/c1-12-7-9-14(10-8-12)20(16,17)19-11-13-5-3-4-6-15(13)18-2/h7-10,13,15H,3-6,11H2,1-2H3/t13-,15-/m1/s1. The largest absolute Gasteiger partial charge is 0.381 e. The topological polar surface area (TPSA) is 52.6 Å². The average Bonchev–Trinajstić information content (AvgIpc) is 2.46. The van der Waals surface area contributed by atoms with Gasteiger partial charge in [-0.05, 0) is 31.9 Å². The van der Waals surface area contributed by atoms with Crippen molar-refractivity contribution in [3.8, 4) is 0 Å². The highest BCUT2D eigenvalue weighted by molar-refractivity contribution is 7.86. The van der Waals surface area contributed by atoms with Crippen molar-refractivity contribution in [2.75, 3.05) is 13.7 Å². The molecule has 2 atom stereocenters. The predicted octanol–water partition coefficient (Wildman–Crippen LogP) is 2.91. The molecule has 0 saturated heterocycles. The van der Waals surface area contributed by atoms with Crippen LogP contribution in [-0.4, -0.2) is 28.2 Å². The van der Waals surface area contributed by atoms with Gasteiger partial charge in [0, 0.05) is 13.0 Å². The Morgan fingerprint density at radius 2 is 1.80 bits per heavy atom. The van der Waals surface area contributed by atoms with Crippen LogP contribution < -0.4 is 0 Å². The molecule has 5 heteroatoms. The van der Waals surface area contributed by atoms with Crippen molar-refractivity contribution < 1.29 is 17.3 Å². The summed E-state index contributed by atoms with van der Waals surface area (Å²) in [5, 5.41) is 0. The van der Waals surface area contributed by atoms with Gasteiger partial charge in [0.1, 0.15) is 0 Å². The van der Waals surface area contributed by atoms with Crippen LogP contribution in [0.1, 0.15) is 31.2 Å². The first kappa shape index (κ1) is 15.5. The number of benzene rings is 1. The van der Waals surface area contributed by atoms with Gasteiger partial charge in [0.25, 0.3) is 10.1 Å². The summed E-state index contributed by atoms with van der Waals surface area (Å²) in [6.07, 6.45) is 4.30. The van der Waals surface area contributed by atoms with Crippen LogP contribution in [0, 0.1) is 12.8 Å². The van der Waals surface area contributed by atoms with E-state index in [2.05, 4.69) is 0 Å². The maximum absolute atomic E-state index is 12.1. The zero-order chi connectivity index (χ0) is 14.6. The van der Waals surface area contributed by atoms with Crippen LogP contribution in [0.2, 0.25) is 0 Å². The minimum absolute atomic E-state index is 0.108. The van der Waals surface area contributed by atoms with Gasteiger partial charge in [0.15, 0.2) is 0 Å². The highest BCUT2D eigenvalue weighted by atomic mass is 32.2. The fourth-order valence-electron chi connectivity index (χ4n) is 2.62. The monoisotopic (exact) mass is 298 g/mol. The fourth-order valence-corrected chi connectivity index (χ4v) is 3.58. The summed E-state index contributed by atoms with van der Waals surface area (Å²) in [6.45, 7) is 2.12. The highest BCUT2D eigenvalue weighted by Crippen LogP contribution is 2.27. The Labute approximate surface area is 121 Å². The molecule has 4 nitrogen and oxygen atoms in total. The Bertz CT molecular complexity index is 521. The molecule has 0 radical (unpaired) electrons. The second-order valence-electron chi connectivity index (χ2n) is 5.37. The van der Waals surface area contributed by atoms with E-state index in [1.54, 1.807) is 31.4 Å². The minimum atomic E-state index is -3.66. The third kappa shape index (κ3) is 3.81. The Balaban J connectivity index is 1.99.